The van der Waals surface area contributed by atoms with Gasteiger partial charge >= 0.3 is 12.1 Å². The van der Waals surface area contributed by atoms with Crippen LogP contribution >= 0.6 is 0 Å². The summed E-state index contributed by atoms with van der Waals surface area (Å²) in [6, 6.07) is 12.0. The maximum Gasteiger partial charge on any atom is 0.416 e. The van der Waals surface area contributed by atoms with Crippen molar-refractivity contribution in [1.82, 2.24) is 9.55 Å². The lowest BCUT2D eigenvalue weighted by Gasteiger charge is -2.14. The first-order valence-corrected chi connectivity index (χ1v) is 9.45. The summed E-state index contributed by atoms with van der Waals surface area (Å²) in [6.45, 7) is 1.02. The Morgan fingerprint density at radius 3 is 2.45 bits per heavy atom. The molecule has 0 saturated heterocycles. The summed E-state index contributed by atoms with van der Waals surface area (Å²) in [7, 11) is 0. The molecule has 0 aliphatic heterocycles. The van der Waals surface area contributed by atoms with E-state index in [1.165, 1.54) is 17.6 Å². The Morgan fingerprint density at radius 2 is 1.81 bits per heavy atom. The van der Waals surface area contributed by atoms with Crippen LogP contribution in [0.4, 0.5) is 13.2 Å². The number of alkyl halides is 3. The number of carbonyl (C=O) groups is 2. The number of halogens is 3. The highest BCUT2D eigenvalue weighted by Crippen LogP contribution is 2.31. The lowest BCUT2D eigenvalue weighted by Crippen LogP contribution is -2.27. The number of hydrogen-bond acceptors (Lipinski definition) is 5. The molecule has 0 aliphatic carbocycles. The van der Waals surface area contributed by atoms with Crippen LogP contribution in [0.15, 0.2) is 53.3 Å². The number of aryl methyl sites for hydroxylation is 1. The number of carbonyl (C=O) groups excluding carboxylic acids is 2. The van der Waals surface area contributed by atoms with Crippen molar-refractivity contribution in [2.45, 2.75) is 32.5 Å². The summed E-state index contributed by atoms with van der Waals surface area (Å²) in [6.07, 6.45) is -4.92. The Labute approximate surface area is 175 Å². The van der Waals surface area contributed by atoms with Crippen LogP contribution in [0.25, 0.3) is 11.0 Å². The number of esters is 1. The maximum atomic E-state index is 13.2. The summed E-state index contributed by atoms with van der Waals surface area (Å²) in [5.74, 6) is -1.03. The van der Waals surface area contributed by atoms with E-state index < -0.39 is 23.3 Å². The van der Waals surface area contributed by atoms with E-state index in [9.17, 15) is 27.6 Å². The minimum Gasteiger partial charge on any atom is -0.458 e. The van der Waals surface area contributed by atoms with Gasteiger partial charge in [0.2, 0.25) is 0 Å². The predicted molar refractivity (Wildman–Crippen MR) is 107 cm³/mol. The molecule has 3 aromatic rings. The van der Waals surface area contributed by atoms with Crippen molar-refractivity contribution < 1.29 is 27.5 Å². The first kappa shape index (κ1) is 22.2. The normalized spacial score (nSPS) is 11.5. The molecule has 0 N–H and O–H groups in total. The van der Waals surface area contributed by atoms with E-state index in [1.807, 2.05) is 6.07 Å². The van der Waals surface area contributed by atoms with Crippen molar-refractivity contribution in [3.05, 3.63) is 75.7 Å². The number of ketones is 1. The largest absolute Gasteiger partial charge is 0.458 e. The van der Waals surface area contributed by atoms with Crippen molar-refractivity contribution in [1.29, 1.82) is 0 Å². The van der Waals surface area contributed by atoms with E-state index in [0.717, 1.165) is 17.7 Å². The standard InChI is InChI=1S/C22H19F3N2O4/c1-14(28)13-31-20(29)10-8-17-21(30)27(12-15-5-3-2-4-6-15)19-9-7-16(22(23,24)25)11-18(19)26-17/h2-7,9,11H,8,10,12-13H2,1H3. The molecule has 3 rings (SSSR count). The second kappa shape index (κ2) is 9.11. The smallest absolute Gasteiger partial charge is 0.416 e. The van der Waals surface area contributed by atoms with Crippen molar-refractivity contribution in [3.8, 4) is 0 Å². The van der Waals surface area contributed by atoms with E-state index in [2.05, 4.69) is 4.98 Å². The number of Topliss-reactive ketones (excluding diaryl/α,β-unsaturated/α-hetero) is 1. The zero-order valence-corrected chi connectivity index (χ0v) is 16.6. The van der Waals surface area contributed by atoms with Gasteiger partial charge in [-0.2, -0.15) is 13.2 Å². The number of ether oxygens (including phenoxy) is 1. The molecule has 31 heavy (non-hydrogen) atoms. The van der Waals surface area contributed by atoms with Gasteiger partial charge < -0.3 is 9.30 Å². The fraction of sp³-hybridized carbons (Fsp3) is 0.273. The molecule has 0 spiro atoms. The molecule has 0 fully saturated rings. The van der Waals surface area contributed by atoms with E-state index in [4.69, 9.17) is 4.74 Å². The highest BCUT2D eigenvalue weighted by molar-refractivity contribution is 5.80. The van der Waals surface area contributed by atoms with Crippen molar-refractivity contribution >= 4 is 22.8 Å². The van der Waals surface area contributed by atoms with Gasteiger partial charge in [-0.25, -0.2) is 4.98 Å². The molecule has 162 valence electrons. The van der Waals surface area contributed by atoms with Gasteiger partial charge in [-0.1, -0.05) is 30.3 Å². The number of fused-ring (bicyclic) bond motifs is 1. The summed E-state index contributed by atoms with van der Waals surface area (Å²) in [5, 5.41) is 0. The van der Waals surface area contributed by atoms with E-state index in [1.54, 1.807) is 24.3 Å². The molecule has 1 heterocycles. The van der Waals surface area contributed by atoms with Gasteiger partial charge in [0.1, 0.15) is 12.3 Å². The highest BCUT2D eigenvalue weighted by Gasteiger charge is 2.31. The zero-order valence-electron chi connectivity index (χ0n) is 16.6. The second-order valence-corrected chi connectivity index (χ2v) is 7.00. The monoisotopic (exact) mass is 432 g/mol. The molecule has 6 nitrogen and oxygen atoms in total. The number of nitrogens with zero attached hydrogens (tertiary/aromatic N) is 2. The Balaban J connectivity index is 2.02. The van der Waals surface area contributed by atoms with Crippen LogP contribution in [-0.4, -0.2) is 27.9 Å². The summed E-state index contributed by atoms with van der Waals surface area (Å²) < 4.78 is 45.6. The van der Waals surface area contributed by atoms with Crippen LogP contribution in [0.1, 0.15) is 30.2 Å². The summed E-state index contributed by atoms with van der Waals surface area (Å²) >= 11 is 0. The molecule has 1 aromatic heterocycles. The Morgan fingerprint density at radius 1 is 1.10 bits per heavy atom. The van der Waals surface area contributed by atoms with Gasteiger partial charge in [-0.05, 0) is 30.7 Å². The lowest BCUT2D eigenvalue weighted by atomic mass is 10.1. The quantitative estimate of drug-likeness (QED) is 0.534. The molecule has 2 aromatic carbocycles. The van der Waals surface area contributed by atoms with Crippen LogP contribution in [0.5, 0.6) is 0 Å². The van der Waals surface area contributed by atoms with Gasteiger partial charge in [0.05, 0.1) is 29.6 Å². The minimum atomic E-state index is -4.56. The van der Waals surface area contributed by atoms with Crippen LogP contribution in [-0.2, 0) is 33.5 Å². The van der Waals surface area contributed by atoms with Gasteiger partial charge in [0, 0.05) is 6.42 Å². The summed E-state index contributed by atoms with van der Waals surface area (Å²) in [4.78, 5) is 39.8. The first-order chi connectivity index (χ1) is 14.6. The molecule has 0 radical (unpaired) electrons. The zero-order chi connectivity index (χ0) is 22.6. The molecule has 0 bridgehead atoms. The fourth-order valence-electron chi connectivity index (χ4n) is 3.04. The van der Waals surface area contributed by atoms with E-state index in [0.29, 0.717) is 0 Å². The average molecular weight is 432 g/mol. The van der Waals surface area contributed by atoms with E-state index in [-0.39, 0.29) is 48.5 Å². The number of benzene rings is 2. The van der Waals surface area contributed by atoms with Crippen molar-refractivity contribution in [2.75, 3.05) is 6.61 Å². The fourth-order valence-corrected chi connectivity index (χ4v) is 3.04. The lowest BCUT2D eigenvalue weighted by molar-refractivity contribution is -0.147. The van der Waals surface area contributed by atoms with Gasteiger partial charge in [0.15, 0.2) is 5.78 Å². The topological polar surface area (TPSA) is 78.3 Å². The third-order valence-electron chi connectivity index (χ3n) is 4.53. The molecule has 9 heteroatoms. The highest BCUT2D eigenvalue weighted by atomic mass is 19.4. The molecule has 0 atom stereocenters. The molecule has 0 saturated carbocycles. The summed E-state index contributed by atoms with van der Waals surface area (Å²) in [5.41, 5.74) is -0.409. The van der Waals surface area contributed by atoms with Gasteiger partial charge in [-0.3, -0.25) is 14.4 Å². The SMILES string of the molecule is CC(=O)COC(=O)CCc1nc2cc(C(F)(F)F)ccc2n(Cc2ccccc2)c1=O. The molecule has 0 amide bonds. The number of hydrogen-bond donors (Lipinski definition) is 0. The molecular weight excluding hydrogens is 413 g/mol. The first-order valence-electron chi connectivity index (χ1n) is 9.45. The van der Waals surface area contributed by atoms with Crippen LogP contribution < -0.4 is 5.56 Å². The van der Waals surface area contributed by atoms with Gasteiger partial charge in [0.25, 0.3) is 5.56 Å². The van der Waals surface area contributed by atoms with Crippen LogP contribution in [0, 0.1) is 0 Å². The Kier molecular flexibility index (Phi) is 6.53. The van der Waals surface area contributed by atoms with Crippen LogP contribution in [0.3, 0.4) is 0 Å². The Hall–Kier alpha value is -3.49. The number of aromatic nitrogens is 2. The maximum absolute atomic E-state index is 13.2. The van der Waals surface area contributed by atoms with Crippen molar-refractivity contribution in [3.63, 3.8) is 0 Å². The van der Waals surface area contributed by atoms with E-state index >= 15 is 0 Å². The van der Waals surface area contributed by atoms with Crippen molar-refractivity contribution in [2.24, 2.45) is 0 Å². The molecular formula is C22H19F3N2O4. The number of rotatable bonds is 7. The average Bonchev–Trinajstić information content (AvgIpc) is 2.72. The predicted octanol–water partition coefficient (Wildman–Crippen LogP) is 3.53. The third-order valence-corrected chi connectivity index (χ3v) is 4.53. The van der Waals surface area contributed by atoms with Crippen LogP contribution in [0.2, 0.25) is 0 Å². The third kappa shape index (κ3) is 5.56. The second-order valence-electron chi connectivity index (χ2n) is 7.00. The molecule has 0 aliphatic rings. The Bertz CT molecular complexity index is 1170. The minimum absolute atomic E-state index is 0.00235. The molecule has 0 unspecified atom stereocenters. The van der Waals surface area contributed by atoms with Gasteiger partial charge in [-0.15, -0.1) is 0 Å².